The quantitative estimate of drug-likeness (QED) is 0.362. The molecule has 5 heteroatoms. The molecule has 0 aliphatic carbocycles. The molecule has 0 radical (unpaired) electrons. The number of ether oxygens (including phenoxy) is 1. The van der Waals surface area contributed by atoms with Crippen LogP contribution in [0, 0.1) is 0 Å². The number of nitrogen functional groups attached to an aromatic ring is 1. The van der Waals surface area contributed by atoms with Crippen molar-refractivity contribution in [1.29, 1.82) is 0 Å². The zero-order valence-corrected chi connectivity index (χ0v) is 16.9. The molecule has 2 N–H and O–H groups in total. The average molecular weight is 407 g/mol. The average Bonchev–Trinajstić information content (AvgIpc) is 3.22. The van der Waals surface area contributed by atoms with E-state index in [-0.39, 0.29) is 0 Å². The Morgan fingerprint density at radius 1 is 0.774 bits per heavy atom. The summed E-state index contributed by atoms with van der Waals surface area (Å²) in [6, 6.07) is 28.0. The molecule has 0 fully saturated rings. The number of hydrogen-bond acceptors (Lipinski definition) is 5. The second-order valence-corrected chi connectivity index (χ2v) is 7.24. The van der Waals surface area contributed by atoms with Crippen LogP contribution in [-0.4, -0.2) is 16.6 Å². The number of nitrogens with zero attached hydrogens (tertiary/aromatic N) is 2. The van der Waals surface area contributed by atoms with Gasteiger partial charge < -0.3 is 14.9 Å². The number of fused-ring (bicyclic) bond motifs is 1. The third kappa shape index (κ3) is 3.85. The third-order valence-electron chi connectivity index (χ3n) is 5.16. The highest BCUT2D eigenvalue weighted by Crippen LogP contribution is 2.43. The minimum absolute atomic E-state index is 0.482. The maximum Gasteiger partial charge on any atom is 0.234 e. The summed E-state index contributed by atoms with van der Waals surface area (Å²) in [4.78, 5) is 8.81. The molecule has 0 amide bonds. The van der Waals surface area contributed by atoms with Crippen LogP contribution in [0.3, 0.4) is 0 Å². The van der Waals surface area contributed by atoms with E-state index in [9.17, 15) is 0 Å². The molecule has 3 aromatic carbocycles. The fourth-order valence-electron chi connectivity index (χ4n) is 3.64. The lowest BCUT2D eigenvalue weighted by Gasteiger charge is -2.08. The zero-order chi connectivity index (χ0) is 21.0. The van der Waals surface area contributed by atoms with Crippen molar-refractivity contribution in [2.45, 2.75) is 6.42 Å². The van der Waals surface area contributed by atoms with E-state index in [2.05, 4.69) is 22.1 Å². The largest absolute Gasteiger partial charge is 0.477 e. The van der Waals surface area contributed by atoms with Gasteiger partial charge in [-0.3, -0.25) is 0 Å². The van der Waals surface area contributed by atoms with Crippen LogP contribution in [0.5, 0.6) is 5.88 Å². The van der Waals surface area contributed by atoms with Crippen LogP contribution in [0.4, 0.5) is 5.69 Å². The van der Waals surface area contributed by atoms with E-state index in [1.54, 1.807) is 0 Å². The first-order chi connectivity index (χ1) is 15.3. The van der Waals surface area contributed by atoms with Gasteiger partial charge in [0.2, 0.25) is 11.6 Å². The highest BCUT2D eigenvalue weighted by Gasteiger charge is 2.22. The molecule has 0 spiro atoms. The molecule has 0 unspecified atom stereocenters. The number of furan rings is 1. The normalized spacial score (nSPS) is 11.0. The van der Waals surface area contributed by atoms with Gasteiger partial charge in [-0.15, -0.1) is 0 Å². The number of hydrogen-bond donors (Lipinski definition) is 1. The summed E-state index contributed by atoms with van der Waals surface area (Å²) < 4.78 is 12.3. The molecule has 5 rings (SSSR count). The monoisotopic (exact) mass is 407 g/mol. The van der Waals surface area contributed by atoms with Crippen molar-refractivity contribution in [3.05, 3.63) is 96.8 Å². The molecule has 31 heavy (non-hydrogen) atoms. The lowest BCUT2D eigenvalue weighted by molar-refractivity contribution is 0.313. The van der Waals surface area contributed by atoms with Crippen molar-refractivity contribution in [3.63, 3.8) is 0 Å². The first kappa shape index (κ1) is 18.9. The number of anilines is 1. The van der Waals surface area contributed by atoms with E-state index in [4.69, 9.17) is 14.9 Å². The van der Waals surface area contributed by atoms with Gasteiger partial charge in [0.15, 0.2) is 0 Å². The molecule has 2 heterocycles. The van der Waals surface area contributed by atoms with E-state index < -0.39 is 0 Å². The highest BCUT2D eigenvalue weighted by molar-refractivity contribution is 6.03. The van der Waals surface area contributed by atoms with Crippen molar-refractivity contribution < 1.29 is 9.15 Å². The highest BCUT2D eigenvalue weighted by atomic mass is 16.5. The summed E-state index contributed by atoms with van der Waals surface area (Å²) in [6.45, 7) is 0.482. The molecule has 5 aromatic rings. The number of rotatable bonds is 6. The van der Waals surface area contributed by atoms with Gasteiger partial charge in [-0.2, -0.15) is 0 Å². The maximum absolute atomic E-state index is 6.21. The van der Waals surface area contributed by atoms with E-state index >= 15 is 0 Å². The van der Waals surface area contributed by atoms with E-state index in [1.807, 2.05) is 72.8 Å². The molecule has 0 bridgehead atoms. The fourth-order valence-corrected chi connectivity index (χ4v) is 3.64. The fraction of sp³-hybridized carbons (Fsp3) is 0.0769. The lowest BCUT2D eigenvalue weighted by Crippen LogP contribution is -2.03. The molecular formula is C26H21N3O2. The Morgan fingerprint density at radius 2 is 1.45 bits per heavy atom. The van der Waals surface area contributed by atoms with Gasteiger partial charge in [0.1, 0.15) is 17.5 Å². The predicted octanol–water partition coefficient (Wildman–Crippen LogP) is 5.76. The van der Waals surface area contributed by atoms with Crippen LogP contribution in [0.25, 0.3) is 33.6 Å². The summed E-state index contributed by atoms with van der Waals surface area (Å²) in [5.41, 5.74) is 11.1. The van der Waals surface area contributed by atoms with Crippen LogP contribution in [0.1, 0.15) is 5.56 Å². The lowest BCUT2D eigenvalue weighted by atomic mass is 9.99. The van der Waals surface area contributed by atoms with Crippen LogP contribution in [0.15, 0.2) is 95.7 Å². The van der Waals surface area contributed by atoms with Gasteiger partial charge in [0, 0.05) is 23.2 Å². The van der Waals surface area contributed by atoms with E-state index in [0.29, 0.717) is 18.2 Å². The predicted molar refractivity (Wildman–Crippen MR) is 123 cm³/mol. The molecule has 0 aliphatic rings. The summed E-state index contributed by atoms with van der Waals surface area (Å²) in [6.07, 6.45) is 2.23. The number of benzene rings is 3. The number of nitrogens with two attached hydrogens (primary N) is 1. The maximum atomic E-state index is 6.21. The van der Waals surface area contributed by atoms with Crippen molar-refractivity contribution in [2.24, 2.45) is 0 Å². The minimum Gasteiger partial charge on any atom is -0.477 e. The van der Waals surface area contributed by atoms with E-state index in [0.717, 1.165) is 45.5 Å². The minimum atomic E-state index is 0.482. The van der Waals surface area contributed by atoms with Gasteiger partial charge in [0.05, 0.1) is 6.61 Å². The Bertz CT molecular complexity index is 1300. The molecule has 152 valence electrons. The Labute approximate surface area is 180 Å². The Hall–Kier alpha value is -4.12. The smallest absolute Gasteiger partial charge is 0.234 e. The van der Waals surface area contributed by atoms with Crippen molar-refractivity contribution >= 4 is 16.8 Å². The molecule has 0 saturated carbocycles. The van der Waals surface area contributed by atoms with Crippen molar-refractivity contribution in [2.75, 3.05) is 12.3 Å². The van der Waals surface area contributed by atoms with Gasteiger partial charge in [-0.05, 0) is 23.3 Å². The third-order valence-corrected chi connectivity index (χ3v) is 5.16. The van der Waals surface area contributed by atoms with Crippen LogP contribution < -0.4 is 10.5 Å². The van der Waals surface area contributed by atoms with E-state index in [1.165, 1.54) is 6.33 Å². The first-order valence-corrected chi connectivity index (χ1v) is 10.1. The Balaban J connectivity index is 1.56. The molecule has 5 nitrogen and oxygen atoms in total. The van der Waals surface area contributed by atoms with Crippen LogP contribution in [-0.2, 0) is 6.42 Å². The SMILES string of the molecule is Nc1ccc(CCOc2ncnc3oc(-c4ccccc4)c(-c4ccccc4)c23)cc1. The zero-order valence-electron chi connectivity index (χ0n) is 16.9. The molecule has 0 aliphatic heterocycles. The summed E-state index contributed by atoms with van der Waals surface area (Å²) in [5.74, 6) is 1.27. The number of aromatic nitrogens is 2. The van der Waals surface area contributed by atoms with Crippen molar-refractivity contribution in [3.8, 4) is 28.3 Å². The Kier molecular flexibility index (Phi) is 5.07. The second-order valence-electron chi connectivity index (χ2n) is 7.24. The summed E-state index contributed by atoms with van der Waals surface area (Å²) in [5, 5.41) is 0.782. The van der Waals surface area contributed by atoms with Crippen molar-refractivity contribution in [1.82, 2.24) is 9.97 Å². The van der Waals surface area contributed by atoms with Gasteiger partial charge >= 0.3 is 0 Å². The second kappa shape index (κ2) is 8.32. The van der Waals surface area contributed by atoms with Gasteiger partial charge in [-0.1, -0.05) is 72.8 Å². The van der Waals surface area contributed by atoms with Gasteiger partial charge in [-0.25, -0.2) is 9.97 Å². The van der Waals surface area contributed by atoms with Crippen LogP contribution >= 0.6 is 0 Å². The first-order valence-electron chi connectivity index (χ1n) is 10.1. The standard InChI is InChI=1S/C26H21N3O2/c27-21-13-11-18(12-14-21)15-16-30-25-23-22(19-7-3-1-4-8-19)24(20-9-5-2-6-10-20)31-26(23)29-17-28-25/h1-14,17H,15-16,27H2. The molecule has 0 atom stereocenters. The molecule has 2 aromatic heterocycles. The summed E-state index contributed by atoms with van der Waals surface area (Å²) >= 11 is 0. The topological polar surface area (TPSA) is 74.2 Å². The summed E-state index contributed by atoms with van der Waals surface area (Å²) in [7, 11) is 0. The molecule has 0 saturated heterocycles. The van der Waals surface area contributed by atoms with Crippen LogP contribution in [0.2, 0.25) is 0 Å². The molecular weight excluding hydrogens is 386 g/mol. The Morgan fingerprint density at radius 3 is 2.16 bits per heavy atom. The van der Waals surface area contributed by atoms with Gasteiger partial charge in [0.25, 0.3) is 0 Å².